The third-order valence-electron chi connectivity index (χ3n) is 3.91. The number of hydrogen-bond acceptors (Lipinski definition) is 6. The predicted octanol–water partition coefficient (Wildman–Crippen LogP) is 3.93. The third-order valence-corrected chi connectivity index (χ3v) is 3.91. The number of methoxy groups -OCH3 is 1. The smallest absolute Gasteiger partial charge is 0.336 e. The van der Waals surface area contributed by atoms with Gasteiger partial charge >= 0.3 is 6.01 Å². The second-order valence-electron chi connectivity index (χ2n) is 7.78. The summed E-state index contributed by atoms with van der Waals surface area (Å²) in [6, 6.07) is 11.2. The molecule has 2 aromatic heterocycles. The summed E-state index contributed by atoms with van der Waals surface area (Å²) in [6.07, 6.45) is 2.00. The lowest BCUT2D eigenvalue weighted by molar-refractivity contribution is -0.117. The van der Waals surface area contributed by atoms with E-state index in [1.165, 1.54) is 0 Å². The first kappa shape index (κ1) is 20.6. The number of nitrogens with zero attached hydrogens (tertiary/aromatic N) is 3. The Morgan fingerprint density at radius 3 is 2.72 bits per heavy atom. The van der Waals surface area contributed by atoms with Crippen LogP contribution < -0.4 is 10.1 Å². The summed E-state index contributed by atoms with van der Waals surface area (Å²) >= 11 is 0. The molecule has 0 bridgehead atoms. The van der Waals surface area contributed by atoms with E-state index in [4.69, 9.17) is 13.9 Å². The molecule has 0 spiro atoms. The van der Waals surface area contributed by atoms with Crippen molar-refractivity contribution < 1.29 is 18.7 Å². The highest BCUT2D eigenvalue weighted by molar-refractivity contribution is 5.91. The van der Waals surface area contributed by atoms with E-state index in [1.54, 1.807) is 30.2 Å². The third kappa shape index (κ3) is 5.68. The number of carbonyl (C=O) groups excluding carboxylic acids is 1. The Kier molecular flexibility index (Phi) is 6.33. The number of furan rings is 1. The van der Waals surface area contributed by atoms with Gasteiger partial charge in [-0.2, -0.15) is 4.98 Å². The molecule has 1 N–H and O–H groups in total. The maximum absolute atomic E-state index is 12.3. The molecule has 2 heterocycles. The molecule has 1 aromatic carbocycles. The molecule has 0 fully saturated rings. The van der Waals surface area contributed by atoms with E-state index in [0.717, 1.165) is 5.69 Å². The standard InChI is InChI=1S/C21H26N4O4/c1-21(2,3)14-18(26)22-15-7-5-8-16(13-15)25-19(17-9-6-10-28-17)23-20(24-25)29-12-11-27-4/h5-10,13H,11-12,14H2,1-4H3,(H,22,26). The van der Waals surface area contributed by atoms with Crippen LogP contribution in [0, 0.1) is 5.41 Å². The number of nitrogens with one attached hydrogen (secondary N) is 1. The lowest BCUT2D eigenvalue weighted by Crippen LogP contribution is -2.19. The van der Waals surface area contributed by atoms with Crippen molar-refractivity contribution in [2.24, 2.45) is 5.41 Å². The minimum atomic E-state index is -0.0888. The van der Waals surface area contributed by atoms with E-state index in [2.05, 4.69) is 15.4 Å². The van der Waals surface area contributed by atoms with Crippen LogP contribution in [0.15, 0.2) is 47.1 Å². The molecule has 3 aromatic rings. The van der Waals surface area contributed by atoms with Crippen molar-refractivity contribution in [3.63, 3.8) is 0 Å². The number of carbonyl (C=O) groups is 1. The van der Waals surface area contributed by atoms with Crippen molar-refractivity contribution in [1.82, 2.24) is 14.8 Å². The summed E-state index contributed by atoms with van der Waals surface area (Å²) in [5.74, 6) is 1.02. The van der Waals surface area contributed by atoms with Crippen molar-refractivity contribution in [1.29, 1.82) is 0 Å². The van der Waals surface area contributed by atoms with Crippen molar-refractivity contribution in [3.05, 3.63) is 42.7 Å². The van der Waals surface area contributed by atoms with E-state index >= 15 is 0 Å². The van der Waals surface area contributed by atoms with Crippen LogP contribution in [0.5, 0.6) is 6.01 Å². The van der Waals surface area contributed by atoms with Gasteiger partial charge < -0.3 is 19.2 Å². The second kappa shape index (κ2) is 8.91. The Labute approximate surface area is 169 Å². The molecule has 0 saturated heterocycles. The Hall–Kier alpha value is -3.13. The summed E-state index contributed by atoms with van der Waals surface area (Å²) in [5.41, 5.74) is 1.31. The predicted molar refractivity (Wildman–Crippen MR) is 109 cm³/mol. The molecule has 0 aliphatic rings. The molecule has 0 aliphatic heterocycles. The van der Waals surface area contributed by atoms with Crippen LogP contribution in [0.3, 0.4) is 0 Å². The van der Waals surface area contributed by atoms with E-state index in [1.807, 2.05) is 45.0 Å². The summed E-state index contributed by atoms with van der Waals surface area (Å²) in [6.45, 7) is 6.85. The molecule has 0 unspecified atom stereocenters. The number of amides is 1. The molecule has 8 heteroatoms. The van der Waals surface area contributed by atoms with Crippen LogP contribution in [0.2, 0.25) is 0 Å². The summed E-state index contributed by atoms with van der Waals surface area (Å²) in [4.78, 5) is 16.7. The summed E-state index contributed by atoms with van der Waals surface area (Å²) < 4.78 is 17.7. The lowest BCUT2D eigenvalue weighted by atomic mass is 9.92. The minimum absolute atomic E-state index is 0.0388. The molecule has 3 rings (SSSR count). The molecule has 8 nitrogen and oxygen atoms in total. The average Bonchev–Trinajstić information content (AvgIpc) is 3.30. The highest BCUT2D eigenvalue weighted by atomic mass is 16.5. The van der Waals surface area contributed by atoms with Gasteiger partial charge in [0, 0.05) is 19.2 Å². The fourth-order valence-electron chi connectivity index (χ4n) is 2.72. The molecule has 1 amide bonds. The topological polar surface area (TPSA) is 91.4 Å². The van der Waals surface area contributed by atoms with Crippen molar-refractivity contribution >= 4 is 11.6 Å². The zero-order valence-corrected chi connectivity index (χ0v) is 17.1. The fourth-order valence-corrected chi connectivity index (χ4v) is 2.72. The fraction of sp³-hybridized carbons (Fsp3) is 0.381. The zero-order valence-electron chi connectivity index (χ0n) is 17.1. The number of benzene rings is 1. The second-order valence-corrected chi connectivity index (χ2v) is 7.78. The van der Waals surface area contributed by atoms with E-state index in [9.17, 15) is 4.79 Å². The van der Waals surface area contributed by atoms with E-state index < -0.39 is 0 Å². The zero-order chi connectivity index (χ0) is 20.9. The summed E-state index contributed by atoms with van der Waals surface area (Å²) in [5, 5.41) is 7.38. The van der Waals surface area contributed by atoms with Crippen LogP contribution in [0.4, 0.5) is 5.69 Å². The number of hydrogen-bond donors (Lipinski definition) is 1. The maximum atomic E-state index is 12.3. The first-order chi connectivity index (χ1) is 13.9. The van der Waals surface area contributed by atoms with Crippen molar-refractivity contribution in [3.8, 4) is 23.3 Å². The largest absolute Gasteiger partial charge is 0.461 e. The molecule has 0 radical (unpaired) electrons. The van der Waals surface area contributed by atoms with Gasteiger partial charge in [0.15, 0.2) is 5.76 Å². The van der Waals surface area contributed by atoms with Gasteiger partial charge in [-0.3, -0.25) is 4.79 Å². The molecule has 29 heavy (non-hydrogen) atoms. The quantitative estimate of drug-likeness (QED) is 0.578. The average molecular weight is 398 g/mol. The molecule has 0 atom stereocenters. The van der Waals surface area contributed by atoms with Gasteiger partial charge in [0.25, 0.3) is 0 Å². The SMILES string of the molecule is COCCOc1nc(-c2ccco2)n(-c2cccc(NC(=O)CC(C)(C)C)c2)n1. The van der Waals surface area contributed by atoms with Gasteiger partial charge in [0.2, 0.25) is 11.7 Å². The van der Waals surface area contributed by atoms with Gasteiger partial charge in [0.05, 0.1) is 18.6 Å². The molecule has 0 saturated carbocycles. The van der Waals surface area contributed by atoms with Gasteiger partial charge in [-0.15, -0.1) is 5.10 Å². The van der Waals surface area contributed by atoms with Gasteiger partial charge in [0.1, 0.15) is 6.61 Å². The normalized spacial score (nSPS) is 11.4. The van der Waals surface area contributed by atoms with Crippen LogP contribution >= 0.6 is 0 Å². The number of ether oxygens (including phenoxy) is 2. The Morgan fingerprint density at radius 2 is 2.03 bits per heavy atom. The van der Waals surface area contributed by atoms with E-state index in [-0.39, 0.29) is 17.3 Å². The molecular weight excluding hydrogens is 372 g/mol. The van der Waals surface area contributed by atoms with Crippen molar-refractivity contribution in [2.75, 3.05) is 25.6 Å². The van der Waals surface area contributed by atoms with E-state index in [0.29, 0.717) is 36.9 Å². The molecule has 0 aliphatic carbocycles. The molecular formula is C21H26N4O4. The maximum Gasteiger partial charge on any atom is 0.336 e. The number of rotatable bonds is 8. The number of aromatic nitrogens is 3. The van der Waals surface area contributed by atoms with Gasteiger partial charge in [-0.05, 0) is 35.7 Å². The van der Waals surface area contributed by atoms with Crippen LogP contribution in [0.1, 0.15) is 27.2 Å². The Bertz CT molecular complexity index is 942. The highest BCUT2D eigenvalue weighted by Gasteiger charge is 2.18. The Morgan fingerprint density at radius 1 is 1.21 bits per heavy atom. The lowest BCUT2D eigenvalue weighted by Gasteiger charge is -2.17. The minimum Gasteiger partial charge on any atom is -0.461 e. The monoisotopic (exact) mass is 398 g/mol. The first-order valence-corrected chi connectivity index (χ1v) is 9.39. The first-order valence-electron chi connectivity index (χ1n) is 9.39. The Balaban J connectivity index is 1.88. The van der Waals surface area contributed by atoms with Gasteiger partial charge in [-0.1, -0.05) is 26.8 Å². The number of anilines is 1. The van der Waals surface area contributed by atoms with Crippen LogP contribution in [-0.2, 0) is 9.53 Å². The van der Waals surface area contributed by atoms with Gasteiger partial charge in [-0.25, -0.2) is 4.68 Å². The summed E-state index contributed by atoms with van der Waals surface area (Å²) in [7, 11) is 1.60. The highest BCUT2D eigenvalue weighted by Crippen LogP contribution is 2.26. The van der Waals surface area contributed by atoms with Crippen LogP contribution in [0.25, 0.3) is 17.3 Å². The molecule has 154 valence electrons. The van der Waals surface area contributed by atoms with Crippen molar-refractivity contribution in [2.45, 2.75) is 27.2 Å². The van der Waals surface area contributed by atoms with Crippen LogP contribution in [-0.4, -0.2) is 41.0 Å².